The molecule has 1 aromatic carbocycles. The van der Waals surface area contributed by atoms with Gasteiger partial charge >= 0.3 is 6.36 Å². The van der Waals surface area contributed by atoms with Crippen LogP contribution in [0.4, 0.5) is 13.2 Å². The fraction of sp³-hybridized carbons (Fsp3) is 0.143. The summed E-state index contributed by atoms with van der Waals surface area (Å²) in [5.74, 6) is -0.0852. The van der Waals surface area contributed by atoms with Crippen LogP contribution in [0.5, 0.6) is 5.75 Å². The van der Waals surface area contributed by atoms with Gasteiger partial charge in [-0.05, 0) is 23.8 Å². The highest BCUT2D eigenvalue weighted by molar-refractivity contribution is 6.32. The molecular formula is C14H11BF3N3O2. The first-order valence-electron chi connectivity index (χ1n) is 6.68. The number of imidazole rings is 1. The van der Waals surface area contributed by atoms with Gasteiger partial charge in [-0.1, -0.05) is 17.6 Å². The van der Waals surface area contributed by atoms with Crippen LogP contribution in [0.15, 0.2) is 36.5 Å². The first-order valence-corrected chi connectivity index (χ1v) is 6.68. The largest absolute Gasteiger partial charge is 0.573 e. The van der Waals surface area contributed by atoms with Crippen molar-refractivity contribution in [3.63, 3.8) is 0 Å². The van der Waals surface area contributed by atoms with E-state index in [1.165, 1.54) is 12.1 Å². The number of rotatable bonds is 3. The number of aliphatic hydroxyl groups is 1. The summed E-state index contributed by atoms with van der Waals surface area (Å²) in [4.78, 5) is 11.3. The number of pyridine rings is 1. The SMILES string of the molecule is Bc1cnc2[nH]c(C(O)c3ccc(OC(F)(F)F)cc3)nc2c1. The van der Waals surface area contributed by atoms with Crippen LogP contribution in [0.1, 0.15) is 17.5 Å². The van der Waals surface area contributed by atoms with Crippen LogP contribution in [-0.2, 0) is 0 Å². The topological polar surface area (TPSA) is 71.0 Å². The average Bonchev–Trinajstić information content (AvgIpc) is 2.88. The number of nitrogens with zero attached hydrogens (tertiary/aromatic N) is 2. The number of halogens is 3. The van der Waals surface area contributed by atoms with Gasteiger partial charge in [0.15, 0.2) is 5.65 Å². The van der Waals surface area contributed by atoms with E-state index in [0.717, 1.165) is 17.6 Å². The number of H-pyrrole nitrogens is 1. The number of hydrogen-bond donors (Lipinski definition) is 2. The minimum absolute atomic E-state index is 0.266. The van der Waals surface area contributed by atoms with Gasteiger partial charge in [-0.2, -0.15) is 0 Å². The molecule has 0 amide bonds. The fourth-order valence-electron chi connectivity index (χ4n) is 2.15. The second kappa shape index (κ2) is 5.58. The summed E-state index contributed by atoms with van der Waals surface area (Å²) >= 11 is 0. The van der Waals surface area contributed by atoms with Gasteiger partial charge < -0.3 is 14.8 Å². The zero-order valence-corrected chi connectivity index (χ0v) is 11.9. The number of aromatic nitrogens is 3. The van der Waals surface area contributed by atoms with Crippen molar-refractivity contribution in [2.24, 2.45) is 0 Å². The Hall–Kier alpha value is -2.55. The van der Waals surface area contributed by atoms with Gasteiger partial charge in [0.05, 0.1) is 0 Å². The number of hydrogen-bond acceptors (Lipinski definition) is 4. The van der Waals surface area contributed by atoms with E-state index in [-0.39, 0.29) is 11.6 Å². The molecule has 23 heavy (non-hydrogen) atoms. The normalized spacial score (nSPS) is 13.2. The number of nitrogens with one attached hydrogen (secondary N) is 1. The molecule has 0 aliphatic carbocycles. The van der Waals surface area contributed by atoms with Crippen molar-refractivity contribution in [2.75, 3.05) is 0 Å². The van der Waals surface area contributed by atoms with E-state index in [9.17, 15) is 18.3 Å². The summed E-state index contributed by atoms with van der Waals surface area (Å²) in [7, 11) is 1.87. The van der Waals surface area contributed by atoms with Crippen molar-refractivity contribution in [2.45, 2.75) is 12.5 Å². The third-order valence-corrected chi connectivity index (χ3v) is 3.18. The predicted molar refractivity (Wildman–Crippen MR) is 79.3 cm³/mol. The maximum atomic E-state index is 12.1. The predicted octanol–water partition coefficient (Wildman–Crippen LogP) is 1.20. The number of aromatic amines is 1. The van der Waals surface area contributed by atoms with Gasteiger partial charge in [-0.25, -0.2) is 9.97 Å². The molecule has 2 heterocycles. The van der Waals surface area contributed by atoms with E-state index in [1.54, 1.807) is 6.20 Å². The summed E-state index contributed by atoms with van der Waals surface area (Å²) in [6, 6.07) is 6.78. The summed E-state index contributed by atoms with van der Waals surface area (Å²) in [6.45, 7) is 0. The molecule has 1 atom stereocenters. The molecule has 3 aromatic rings. The molecule has 2 N–H and O–H groups in total. The summed E-state index contributed by atoms with van der Waals surface area (Å²) < 4.78 is 40.2. The average molecular weight is 321 g/mol. The standard InChI is InChI=1S/C14H11BF3N3O2/c15-8-5-10-12(19-6-8)21-13(20-10)11(22)7-1-3-9(4-2-7)23-14(16,17)18/h1-6,11,22H,15H2,(H,19,20,21). The molecule has 0 fully saturated rings. The van der Waals surface area contributed by atoms with Gasteiger partial charge in [-0.3, -0.25) is 0 Å². The van der Waals surface area contributed by atoms with Crippen molar-refractivity contribution in [1.82, 2.24) is 15.0 Å². The fourth-order valence-corrected chi connectivity index (χ4v) is 2.15. The lowest BCUT2D eigenvalue weighted by atomic mass is 9.99. The minimum atomic E-state index is -4.75. The Morgan fingerprint density at radius 3 is 2.57 bits per heavy atom. The van der Waals surface area contributed by atoms with Crippen LogP contribution in [0.2, 0.25) is 0 Å². The lowest BCUT2D eigenvalue weighted by molar-refractivity contribution is -0.274. The molecule has 1 unspecified atom stereocenters. The maximum absolute atomic E-state index is 12.1. The first kappa shape index (κ1) is 15.4. The number of benzene rings is 1. The molecule has 0 spiro atoms. The highest BCUT2D eigenvalue weighted by Crippen LogP contribution is 2.26. The quantitative estimate of drug-likeness (QED) is 0.711. The van der Waals surface area contributed by atoms with Gasteiger partial charge in [0.25, 0.3) is 0 Å². The van der Waals surface area contributed by atoms with Gasteiger partial charge in [0.2, 0.25) is 0 Å². The van der Waals surface area contributed by atoms with E-state index in [1.807, 2.05) is 13.9 Å². The Bertz CT molecular complexity index is 833. The molecule has 5 nitrogen and oxygen atoms in total. The Morgan fingerprint density at radius 2 is 1.91 bits per heavy atom. The van der Waals surface area contributed by atoms with Crippen molar-refractivity contribution < 1.29 is 23.0 Å². The number of aliphatic hydroxyl groups excluding tert-OH is 1. The highest BCUT2D eigenvalue weighted by atomic mass is 19.4. The van der Waals surface area contributed by atoms with Crippen molar-refractivity contribution in [3.05, 3.63) is 47.9 Å². The molecule has 2 aromatic heterocycles. The van der Waals surface area contributed by atoms with Crippen LogP contribution >= 0.6 is 0 Å². The molecule has 3 rings (SSSR count). The molecular weight excluding hydrogens is 310 g/mol. The number of alkyl halides is 3. The zero-order chi connectivity index (χ0) is 16.6. The lowest BCUT2D eigenvalue weighted by Crippen LogP contribution is -2.17. The monoisotopic (exact) mass is 321 g/mol. The number of ether oxygens (including phenoxy) is 1. The first-order chi connectivity index (χ1) is 10.8. The lowest BCUT2D eigenvalue weighted by Gasteiger charge is -2.11. The van der Waals surface area contributed by atoms with E-state index >= 15 is 0 Å². The van der Waals surface area contributed by atoms with Crippen molar-refractivity contribution >= 4 is 24.5 Å². The Morgan fingerprint density at radius 1 is 1.22 bits per heavy atom. The maximum Gasteiger partial charge on any atom is 0.573 e. The van der Waals surface area contributed by atoms with Crippen molar-refractivity contribution in [1.29, 1.82) is 0 Å². The molecule has 0 aliphatic rings. The third-order valence-electron chi connectivity index (χ3n) is 3.18. The Labute approximate surface area is 129 Å². The molecule has 0 radical (unpaired) electrons. The van der Waals surface area contributed by atoms with Gasteiger partial charge in [-0.15, -0.1) is 13.2 Å². The highest BCUT2D eigenvalue weighted by Gasteiger charge is 2.31. The summed E-state index contributed by atoms with van der Waals surface area (Å²) in [6.07, 6.45) is -4.19. The van der Waals surface area contributed by atoms with E-state index in [2.05, 4.69) is 19.7 Å². The van der Waals surface area contributed by atoms with Crippen LogP contribution < -0.4 is 10.2 Å². The second-order valence-electron chi connectivity index (χ2n) is 5.02. The van der Waals surface area contributed by atoms with E-state index < -0.39 is 12.5 Å². The third kappa shape index (κ3) is 3.45. The summed E-state index contributed by atoms with van der Waals surface area (Å²) in [5, 5.41) is 10.3. The molecule has 0 bridgehead atoms. The van der Waals surface area contributed by atoms with Crippen LogP contribution in [0.25, 0.3) is 11.2 Å². The minimum Gasteiger partial charge on any atom is -0.406 e. The Balaban J connectivity index is 1.85. The second-order valence-corrected chi connectivity index (χ2v) is 5.02. The Kier molecular flexibility index (Phi) is 3.73. The van der Waals surface area contributed by atoms with Crippen LogP contribution in [0, 0.1) is 0 Å². The van der Waals surface area contributed by atoms with Crippen LogP contribution in [0.3, 0.4) is 0 Å². The smallest absolute Gasteiger partial charge is 0.406 e. The van der Waals surface area contributed by atoms with Gasteiger partial charge in [0, 0.05) is 6.20 Å². The van der Waals surface area contributed by atoms with Gasteiger partial charge in [0.1, 0.15) is 31.0 Å². The molecule has 9 heteroatoms. The van der Waals surface area contributed by atoms with Crippen LogP contribution in [-0.4, -0.2) is 34.3 Å². The zero-order valence-electron chi connectivity index (χ0n) is 11.9. The molecule has 0 saturated heterocycles. The van der Waals surface area contributed by atoms with E-state index in [4.69, 9.17) is 0 Å². The molecule has 118 valence electrons. The molecule has 0 aliphatic heterocycles. The van der Waals surface area contributed by atoms with Crippen molar-refractivity contribution in [3.8, 4) is 5.75 Å². The summed E-state index contributed by atoms with van der Waals surface area (Å²) in [5.41, 5.74) is 2.45. The number of fused-ring (bicyclic) bond motifs is 1. The van der Waals surface area contributed by atoms with E-state index in [0.29, 0.717) is 16.7 Å². The molecule has 0 saturated carbocycles.